The first-order valence-electron chi connectivity index (χ1n) is 5.18. The van der Waals surface area contributed by atoms with E-state index in [-0.39, 0.29) is 0 Å². The van der Waals surface area contributed by atoms with Gasteiger partial charge in [-0.1, -0.05) is 47.5 Å². The molecule has 0 saturated heterocycles. The van der Waals surface area contributed by atoms with Gasteiger partial charge in [-0.2, -0.15) is 0 Å². The first kappa shape index (κ1) is 11.7. The van der Waals surface area contributed by atoms with Crippen LogP contribution in [0, 0.1) is 0 Å². The monoisotopic (exact) mass is 255 g/mol. The predicted molar refractivity (Wildman–Crippen MR) is 65.6 cm³/mol. The third-order valence-electron chi connectivity index (χ3n) is 2.47. The first-order chi connectivity index (χ1) is 6.77. The van der Waals surface area contributed by atoms with Crippen molar-refractivity contribution in [1.82, 2.24) is 5.32 Å². The minimum Gasteiger partial charge on any atom is -0.317 e. The molecule has 78 valence electrons. The highest BCUT2D eigenvalue weighted by molar-refractivity contribution is 9.10. The van der Waals surface area contributed by atoms with E-state index in [0.29, 0.717) is 6.04 Å². The number of likely N-dealkylation sites (N-methyl/N-ethyl adjacent to an activating group) is 1. The molecule has 1 atom stereocenters. The molecule has 1 unspecified atom stereocenters. The largest absolute Gasteiger partial charge is 0.317 e. The summed E-state index contributed by atoms with van der Waals surface area (Å²) < 4.78 is 1.22. The molecule has 0 heterocycles. The molecule has 0 fully saturated rings. The van der Waals surface area contributed by atoms with Crippen molar-refractivity contribution < 1.29 is 0 Å². The van der Waals surface area contributed by atoms with Crippen LogP contribution < -0.4 is 5.32 Å². The summed E-state index contributed by atoms with van der Waals surface area (Å²) in [6.45, 7) is 2.23. The molecule has 1 N–H and O–H groups in total. The molecular weight excluding hydrogens is 238 g/mol. The Morgan fingerprint density at radius 1 is 1.36 bits per heavy atom. The Hall–Kier alpha value is -0.340. The predicted octanol–water partition coefficient (Wildman–Crippen LogP) is 3.38. The van der Waals surface area contributed by atoms with E-state index in [0.717, 1.165) is 6.42 Å². The van der Waals surface area contributed by atoms with Crippen LogP contribution in [0.1, 0.15) is 25.3 Å². The van der Waals surface area contributed by atoms with Gasteiger partial charge in [-0.3, -0.25) is 0 Å². The molecule has 2 heteroatoms. The summed E-state index contributed by atoms with van der Waals surface area (Å²) >= 11 is 3.58. The van der Waals surface area contributed by atoms with Crippen LogP contribution in [0.3, 0.4) is 0 Å². The minimum atomic E-state index is 0.596. The molecule has 1 aromatic rings. The van der Waals surface area contributed by atoms with Gasteiger partial charge in [-0.05, 0) is 31.5 Å². The van der Waals surface area contributed by atoms with Crippen molar-refractivity contribution in [3.05, 3.63) is 34.3 Å². The molecule has 14 heavy (non-hydrogen) atoms. The van der Waals surface area contributed by atoms with Crippen molar-refractivity contribution in [1.29, 1.82) is 0 Å². The second kappa shape index (κ2) is 6.20. The van der Waals surface area contributed by atoms with Crippen molar-refractivity contribution in [2.45, 2.75) is 32.2 Å². The lowest BCUT2D eigenvalue weighted by Crippen LogP contribution is -2.27. The molecule has 1 nitrogen and oxygen atoms in total. The van der Waals surface area contributed by atoms with Crippen LogP contribution in [-0.2, 0) is 6.42 Å². The molecule has 1 rings (SSSR count). The van der Waals surface area contributed by atoms with Crippen LogP contribution in [0.2, 0.25) is 0 Å². The van der Waals surface area contributed by atoms with E-state index in [2.05, 4.69) is 52.4 Å². The van der Waals surface area contributed by atoms with Crippen molar-refractivity contribution in [2.24, 2.45) is 0 Å². The highest BCUT2D eigenvalue weighted by atomic mass is 79.9. The topological polar surface area (TPSA) is 12.0 Å². The Labute approximate surface area is 95.0 Å². The number of rotatable bonds is 5. The van der Waals surface area contributed by atoms with E-state index < -0.39 is 0 Å². The minimum absolute atomic E-state index is 0.596. The van der Waals surface area contributed by atoms with Gasteiger partial charge in [-0.25, -0.2) is 0 Å². The summed E-state index contributed by atoms with van der Waals surface area (Å²) in [6, 6.07) is 9.04. The highest BCUT2D eigenvalue weighted by Crippen LogP contribution is 2.18. The SMILES string of the molecule is CCCC(Cc1ccccc1Br)NC. The normalized spacial score (nSPS) is 12.8. The van der Waals surface area contributed by atoms with E-state index in [1.807, 2.05) is 7.05 Å². The van der Waals surface area contributed by atoms with Crippen LogP contribution in [0.25, 0.3) is 0 Å². The van der Waals surface area contributed by atoms with Crippen molar-refractivity contribution >= 4 is 15.9 Å². The quantitative estimate of drug-likeness (QED) is 0.851. The smallest absolute Gasteiger partial charge is 0.0207 e. The molecule has 0 spiro atoms. The summed E-state index contributed by atoms with van der Waals surface area (Å²) in [7, 11) is 2.04. The van der Waals surface area contributed by atoms with Crippen molar-refractivity contribution in [3.8, 4) is 0 Å². The van der Waals surface area contributed by atoms with E-state index in [1.54, 1.807) is 0 Å². The summed E-state index contributed by atoms with van der Waals surface area (Å²) in [4.78, 5) is 0. The number of nitrogens with one attached hydrogen (secondary N) is 1. The lowest BCUT2D eigenvalue weighted by atomic mass is 10.0. The van der Waals surface area contributed by atoms with Gasteiger partial charge in [0.2, 0.25) is 0 Å². The highest BCUT2D eigenvalue weighted by Gasteiger charge is 2.07. The summed E-state index contributed by atoms with van der Waals surface area (Å²) in [6.07, 6.45) is 3.57. The van der Waals surface area contributed by atoms with Gasteiger partial charge in [0, 0.05) is 10.5 Å². The number of halogens is 1. The lowest BCUT2D eigenvalue weighted by Gasteiger charge is -2.15. The lowest BCUT2D eigenvalue weighted by molar-refractivity contribution is 0.513. The summed E-state index contributed by atoms with van der Waals surface area (Å²) in [5.41, 5.74) is 1.39. The third-order valence-corrected chi connectivity index (χ3v) is 3.24. The molecular formula is C12H18BrN. The molecule has 0 amide bonds. The average molecular weight is 256 g/mol. The number of hydrogen-bond donors (Lipinski definition) is 1. The van der Waals surface area contributed by atoms with E-state index >= 15 is 0 Å². The zero-order valence-corrected chi connectivity index (χ0v) is 10.5. The first-order valence-corrected chi connectivity index (χ1v) is 5.98. The molecule has 0 aliphatic carbocycles. The Morgan fingerprint density at radius 2 is 2.07 bits per heavy atom. The molecule has 0 radical (unpaired) electrons. The standard InChI is InChI=1S/C12H18BrN/c1-3-6-11(14-2)9-10-7-4-5-8-12(10)13/h4-5,7-8,11,14H,3,6,9H2,1-2H3. The Morgan fingerprint density at radius 3 is 2.64 bits per heavy atom. The van der Waals surface area contributed by atoms with Crippen LogP contribution in [0.4, 0.5) is 0 Å². The fraction of sp³-hybridized carbons (Fsp3) is 0.500. The number of benzene rings is 1. The van der Waals surface area contributed by atoms with Gasteiger partial charge in [0.05, 0.1) is 0 Å². The molecule has 0 saturated carbocycles. The Balaban J connectivity index is 2.62. The van der Waals surface area contributed by atoms with Crippen LogP contribution in [0.5, 0.6) is 0 Å². The van der Waals surface area contributed by atoms with Crippen molar-refractivity contribution in [2.75, 3.05) is 7.05 Å². The third kappa shape index (κ3) is 3.43. The van der Waals surface area contributed by atoms with Crippen LogP contribution in [-0.4, -0.2) is 13.1 Å². The molecule has 0 aliphatic rings. The Bertz CT molecular complexity index is 273. The fourth-order valence-corrected chi connectivity index (χ4v) is 2.07. The van der Waals surface area contributed by atoms with Crippen LogP contribution in [0.15, 0.2) is 28.7 Å². The van der Waals surface area contributed by atoms with Gasteiger partial charge in [0.25, 0.3) is 0 Å². The summed E-state index contributed by atoms with van der Waals surface area (Å²) in [5, 5.41) is 3.36. The average Bonchev–Trinajstić information content (AvgIpc) is 2.20. The second-order valence-corrected chi connectivity index (χ2v) is 4.42. The van der Waals surface area contributed by atoms with Gasteiger partial charge in [-0.15, -0.1) is 0 Å². The Kier molecular flexibility index (Phi) is 5.20. The van der Waals surface area contributed by atoms with E-state index in [4.69, 9.17) is 0 Å². The second-order valence-electron chi connectivity index (χ2n) is 3.57. The van der Waals surface area contributed by atoms with Gasteiger partial charge >= 0.3 is 0 Å². The van der Waals surface area contributed by atoms with Crippen LogP contribution >= 0.6 is 15.9 Å². The van der Waals surface area contributed by atoms with Gasteiger partial charge in [0.1, 0.15) is 0 Å². The maximum absolute atomic E-state index is 3.58. The maximum Gasteiger partial charge on any atom is 0.0207 e. The zero-order chi connectivity index (χ0) is 10.4. The van der Waals surface area contributed by atoms with Gasteiger partial charge in [0.15, 0.2) is 0 Å². The fourth-order valence-electron chi connectivity index (χ4n) is 1.63. The molecule has 0 aliphatic heterocycles. The molecule has 0 aromatic heterocycles. The van der Waals surface area contributed by atoms with E-state index in [1.165, 1.54) is 22.9 Å². The number of hydrogen-bond acceptors (Lipinski definition) is 1. The zero-order valence-electron chi connectivity index (χ0n) is 8.89. The van der Waals surface area contributed by atoms with Crippen molar-refractivity contribution in [3.63, 3.8) is 0 Å². The van der Waals surface area contributed by atoms with E-state index in [9.17, 15) is 0 Å². The molecule has 0 bridgehead atoms. The molecule has 1 aromatic carbocycles. The maximum atomic E-state index is 3.58. The van der Waals surface area contributed by atoms with Gasteiger partial charge < -0.3 is 5.32 Å². The summed E-state index contributed by atoms with van der Waals surface area (Å²) in [5.74, 6) is 0.